The Labute approximate surface area is 258 Å². The van der Waals surface area contributed by atoms with Crippen molar-refractivity contribution in [2.75, 3.05) is 26.2 Å². The molecule has 0 radical (unpaired) electrons. The Morgan fingerprint density at radius 1 is 0.952 bits per heavy atom. The van der Waals surface area contributed by atoms with Gasteiger partial charge in [-0.05, 0) is 131 Å². The van der Waals surface area contributed by atoms with E-state index in [0.29, 0.717) is 23.7 Å². The van der Waals surface area contributed by atoms with E-state index < -0.39 is 5.60 Å². The Hall–Kier alpha value is -0.690. The largest absolute Gasteiger partial charge is 0.462 e. The molecule has 5 N–H and O–H groups in total. The first-order valence-electron chi connectivity index (χ1n) is 18.0. The van der Waals surface area contributed by atoms with Crippen LogP contribution in [0.5, 0.6) is 0 Å². The number of unbranched alkanes of at least 4 members (excludes halogenated alkanes) is 1. The minimum Gasteiger partial charge on any atom is -0.462 e. The normalized spacial score (nSPS) is 40.3. The van der Waals surface area contributed by atoms with Gasteiger partial charge in [0.05, 0.1) is 5.60 Å². The van der Waals surface area contributed by atoms with Crippen molar-refractivity contribution in [1.29, 1.82) is 0 Å². The van der Waals surface area contributed by atoms with Gasteiger partial charge >= 0.3 is 5.97 Å². The molecule has 0 amide bonds. The molecule has 0 aromatic heterocycles. The zero-order valence-corrected chi connectivity index (χ0v) is 28.2. The summed E-state index contributed by atoms with van der Waals surface area (Å²) in [6.45, 7) is 17.5. The predicted molar refractivity (Wildman–Crippen MR) is 173 cm³/mol. The summed E-state index contributed by atoms with van der Waals surface area (Å²) >= 11 is 0. The van der Waals surface area contributed by atoms with Gasteiger partial charge in [-0.15, -0.1) is 0 Å². The first kappa shape index (κ1) is 34.2. The van der Waals surface area contributed by atoms with Crippen LogP contribution in [0, 0.1) is 46.3 Å². The highest BCUT2D eigenvalue weighted by Gasteiger charge is 2.67. The lowest BCUT2D eigenvalue weighted by Gasteiger charge is -2.66. The third-order valence-electron chi connectivity index (χ3n) is 13.1. The van der Waals surface area contributed by atoms with Crippen LogP contribution in [0.3, 0.4) is 0 Å². The van der Waals surface area contributed by atoms with Gasteiger partial charge in [0.1, 0.15) is 6.10 Å². The van der Waals surface area contributed by atoms with Gasteiger partial charge in [-0.1, -0.05) is 53.9 Å². The zero-order valence-electron chi connectivity index (χ0n) is 28.2. The molecule has 0 spiro atoms. The van der Waals surface area contributed by atoms with E-state index in [0.717, 1.165) is 88.4 Å². The molecule has 4 rings (SSSR count). The average molecular weight is 590 g/mol. The van der Waals surface area contributed by atoms with E-state index in [-0.39, 0.29) is 23.5 Å². The van der Waals surface area contributed by atoms with Crippen LogP contribution in [0.2, 0.25) is 0 Å². The highest BCUT2D eigenvalue weighted by Crippen LogP contribution is 2.69. The summed E-state index contributed by atoms with van der Waals surface area (Å²) in [4.78, 5) is 11.9. The van der Waals surface area contributed by atoms with Crippen molar-refractivity contribution < 1.29 is 14.6 Å². The number of carbonyl (C=O) groups excluding carboxylic acids is 1. The van der Waals surface area contributed by atoms with Gasteiger partial charge < -0.3 is 26.2 Å². The Morgan fingerprint density at radius 2 is 1.69 bits per heavy atom. The van der Waals surface area contributed by atoms with Crippen molar-refractivity contribution in [2.45, 2.75) is 149 Å². The molecule has 4 saturated carbocycles. The van der Waals surface area contributed by atoms with E-state index in [2.05, 4.69) is 45.3 Å². The summed E-state index contributed by atoms with van der Waals surface area (Å²) in [5.74, 6) is 4.20. The molecular weight excluding hydrogens is 522 g/mol. The fourth-order valence-corrected chi connectivity index (χ4v) is 10.9. The molecule has 10 atom stereocenters. The molecule has 4 aliphatic carbocycles. The summed E-state index contributed by atoms with van der Waals surface area (Å²) in [6, 6.07) is 0.0529. The Balaban J connectivity index is 1.49. The highest BCUT2D eigenvalue weighted by atomic mass is 16.5. The Kier molecular flexibility index (Phi) is 11.9. The van der Waals surface area contributed by atoms with Crippen LogP contribution in [-0.2, 0) is 9.53 Å². The van der Waals surface area contributed by atoms with Crippen LogP contribution < -0.4 is 16.4 Å². The molecule has 0 saturated heterocycles. The van der Waals surface area contributed by atoms with Crippen LogP contribution >= 0.6 is 0 Å². The maximum atomic E-state index is 12.7. The van der Waals surface area contributed by atoms with Crippen LogP contribution in [-0.4, -0.2) is 55.0 Å². The zero-order chi connectivity index (χ0) is 30.5. The van der Waals surface area contributed by atoms with E-state index >= 15 is 0 Å². The maximum Gasteiger partial charge on any atom is 0.302 e. The first-order valence-corrected chi connectivity index (χ1v) is 18.0. The number of hydrogen-bond acceptors (Lipinski definition) is 6. The number of carbonyl (C=O) groups is 1. The molecule has 0 aromatic carbocycles. The number of aliphatic hydroxyl groups is 1. The third kappa shape index (κ3) is 7.07. The molecule has 6 heteroatoms. The minimum atomic E-state index is -0.845. The highest BCUT2D eigenvalue weighted by molar-refractivity contribution is 5.66. The molecule has 3 unspecified atom stereocenters. The van der Waals surface area contributed by atoms with Gasteiger partial charge in [0.25, 0.3) is 0 Å². The van der Waals surface area contributed by atoms with Crippen molar-refractivity contribution in [3.8, 4) is 0 Å². The lowest BCUT2D eigenvalue weighted by atomic mass is 9.42. The predicted octanol–water partition coefficient (Wildman–Crippen LogP) is 6.44. The van der Waals surface area contributed by atoms with Crippen molar-refractivity contribution in [3.05, 3.63) is 0 Å². The van der Waals surface area contributed by atoms with Crippen molar-refractivity contribution >= 4 is 5.97 Å². The number of hydrogen-bond donors (Lipinski definition) is 4. The van der Waals surface area contributed by atoms with Gasteiger partial charge in [-0.3, -0.25) is 4.79 Å². The van der Waals surface area contributed by atoms with E-state index in [1.54, 1.807) is 0 Å². The van der Waals surface area contributed by atoms with Crippen LogP contribution in [0.4, 0.5) is 0 Å². The minimum absolute atomic E-state index is 0.0529. The summed E-state index contributed by atoms with van der Waals surface area (Å²) in [6.07, 6.45) is 15.9. The number of ether oxygens (including phenoxy) is 1. The standard InChI is InChI=1S/C36H67N3O3/c1-25(2)11-9-12-26(3)30-13-14-31-29-23-33(39-22-8-7-20-38-21-10-19-37)36(41)24-28(42-27(4)40)15-18-35(36,6)32(29)16-17-34(30,31)5/h25-26,28-33,38-39,41H,7-24,37H2,1-6H3/t26-,28?,29+,30-,31+,32+,33?,34-,35-,36?/m1/s1. The number of fused-ring (bicyclic) bond motifs is 5. The summed E-state index contributed by atoms with van der Waals surface area (Å²) in [7, 11) is 0. The molecule has 0 bridgehead atoms. The Bertz CT molecular complexity index is 868. The summed E-state index contributed by atoms with van der Waals surface area (Å²) < 4.78 is 5.75. The van der Waals surface area contributed by atoms with Gasteiger partial charge in [-0.25, -0.2) is 0 Å². The molecule has 244 valence electrons. The van der Waals surface area contributed by atoms with E-state index in [1.165, 1.54) is 51.9 Å². The SMILES string of the molecule is CC(=O)OC1CC[C@]2(C)[C@H]3CC[C@]4(C)[C@@H]([C@H](C)CCCC(C)C)CC[C@H]4[C@@H]3CC(NCCCCNCCCN)C2(O)C1. The van der Waals surface area contributed by atoms with E-state index in [9.17, 15) is 9.90 Å². The van der Waals surface area contributed by atoms with Crippen LogP contribution in [0.25, 0.3) is 0 Å². The maximum absolute atomic E-state index is 12.7. The summed E-state index contributed by atoms with van der Waals surface area (Å²) in [5.41, 5.74) is 5.06. The van der Waals surface area contributed by atoms with E-state index in [4.69, 9.17) is 10.5 Å². The fourth-order valence-electron chi connectivity index (χ4n) is 10.9. The lowest BCUT2D eigenvalue weighted by Crippen LogP contribution is -2.71. The van der Waals surface area contributed by atoms with Crippen molar-refractivity contribution in [2.24, 2.45) is 52.1 Å². The lowest BCUT2D eigenvalue weighted by molar-refractivity contribution is -0.237. The molecule has 0 heterocycles. The second kappa shape index (κ2) is 14.6. The second-order valence-corrected chi connectivity index (χ2v) is 16.1. The molecule has 4 fully saturated rings. The molecule has 4 aliphatic rings. The average Bonchev–Trinajstić information content (AvgIpc) is 3.28. The van der Waals surface area contributed by atoms with Crippen LogP contribution in [0.1, 0.15) is 131 Å². The molecule has 42 heavy (non-hydrogen) atoms. The number of rotatable bonds is 15. The van der Waals surface area contributed by atoms with Crippen molar-refractivity contribution in [3.63, 3.8) is 0 Å². The third-order valence-corrected chi connectivity index (χ3v) is 13.1. The second-order valence-electron chi connectivity index (χ2n) is 16.1. The fraction of sp³-hybridized carbons (Fsp3) is 0.972. The monoisotopic (exact) mass is 590 g/mol. The topological polar surface area (TPSA) is 96.6 Å². The molecule has 0 aliphatic heterocycles. The van der Waals surface area contributed by atoms with Crippen LogP contribution in [0.15, 0.2) is 0 Å². The van der Waals surface area contributed by atoms with Gasteiger partial charge in [0.15, 0.2) is 0 Å². The van der Waals surface area contributed by atoms with E-state index in [1.807, 2.05) is 0 Å². The Morgan fingerprint density at radius 3 is 2.40 bits per heavy atom. The smallest absolute Gasteiger partial charge is 0.302 e. The first-order chi connectivity index (χ1) is 20.0. The summed E-state index contributed by atoms with van der Waals surface area (Å²) in [5, 5.41) is 20.2. The number of nitrogens with one attached hydrogen (secondary N) is 2. The molecule has 6 nitrogen and oxygen atoms in total. The van der Waals surface area contributed by atoms with Gasteiger partial charge in [0, 0.05) is 24.8 Å². The number of esters is 1. The molecule has 0 aromatic rings. The quantitative estimate of drug-likeness (QED) is 0.130. The van der Waals surface area contributed by atoms with Crippen molar-refractivity contribution in [1.82, 2.24) is 10.6 Å². The molecular formula is C36H67N3O3. The van der Waals surface area contributed by atoms with Gasteiger partial charge in [-0.2, -0.15) is 0 Å². The number of nitrogens with two attached hydrogens (primary N) is 1. The van der Waals surface area contributed by atoms with Gasteiger partial charge in [0.2, 0.25) is 0 Å².